The largest absolute Gasteiger partial charge is 0.481 e. The fourth-order valence-electron chi connectivity index (χ4n) is 4.71. The van der Waals surface area contributed by atoms with Gasteiger partial charge in [-0.15, -0.1) is 11.8 Å². The fraction of sp³-hybridized carbons (Fsp3) is 0.281. The molecule has 6 N–H and O–H groups in total. The number of aromatic nitrogens is 2. The molecule has 1 amide bonds. The topological polar surface area (TPSA) is 299 Å². The van der Waals surface area contributed by atoms with Gasteiger partial charge in [0.1, 0.15) is 28.6 Å². The number of hydrogen-bond donors (Lipinski definition) is 6. The number of sulfonamides is 1. The first-order valence-corrected chi connectivity index (χ1v) is 22.9. The highest BCUT2D eigenvalue weighted by Gasteiger charge is 2.31. The summed E-state index contributed by atoms with van der Waals surface area (Å²) >= 11 is 13.7. The normalized spacial score (nSPS) is 12.8. The van der Waals surface area contributed by atoms with Gasteiger partial charge in [0.15, 0.2) is 0 Å². The number of nitrogens with one attached hydrogen (secondary N) is 2. The molecule has 338 valence electrons. The molecule has 20 nitrogen and oxygen atoms in total. The smallest absolute Gasteiger partial charge is 0.416 e. The Bertz CT molecular complexity index is 2640. The highest BCUT2D eigenvalue weighted by Crippen LogP contribution is 2.38. The van der Waals surface area contributed by atoms with Gasteiger partial charge in [0.05, 0.1) is 45.4 Å². The highest BCUT2D eigenvalue weighted by atomic mass is 35.5. The van der Waals surface area contributed by atoms with Crippen molar-refractivity contribution in [1.82, 2.24) is 19.4 Å². The zero-order valence-electron chi connectivity index (χ0n) is 31.2. The van der Waals surface area contributed by atoms with Crippen molar-refractivity contribution in [2.45, 2.75) is 37.0 Å². The molecule has 1 aliphatic heterocycles. The predicted octanol–water partition coefficient (Wildman–Crippen LogP) is 5.25. The number of carboxylic acids is 2. The summed E-state index contributed by atoms with van der Waals surface area (Å²) in [6, 6.07) is 7.61. The number of nitro benzene ring substituents is 1. The van der Waals surface area contributed by atoms with Crippen LogP contribution in [0.1, 0.15) is 28.8 Å². The van der Waals surface area contributed by atoms with Crippen LogP contribution in [0.25, 0.3) is 0 Å². The van der Waals surface area contributed by atoms with Gasteiger partial charge in [-0.3, -0.25) is 43.9 Å². The molecule has 4 aromatic rings. The number of nitro groups is 1. The predicted molar refractivity (Wildman–Crippen MR) is 215 cm³/mol. The van der Waals surface area contributed by atoms with E-state index in [1.165, 1.54) is 6.07 Å². The molecule has 0 unspecified atom stereocenters. The second kappa shape index (κ2) is 22.0. The molecule has 2 heterocycles. The lowest BCUT2D eigenvalue weighted by molar-refractivity contribution is -0.385. The Morgan fingerprint density at radius 2 is 1.68 bits per heavy atom. The molecular weight excluding hydrogens is 966 g/mol. The maximum Gasteiger partial charge on any atom is 0.416 e. The number of ether oxygens (including phenoxy) is 1. The van der Waals surface area contributed by atoms with Crippen molar-refractivity contribution in [2.75, 3.05) is 24.8 Å². The molecule has 0 spiro atoms. The van der Waals surface area contributed by atoms with Gasteiger partial charge in [-0.2, -0.15) is 13.2 Å². The van der Waals surface area contributed by atoms with Crippen molar-refractivity contribution in [3.8, 4) is 11.5 Å². The Hall–Kier alpha value is -4.86. The summed E-state index contributed by atoms with van der Waals surface area (Å²) in [7, 11) is -8.10. The Labute approximate surface area is 364 Å². The van der Waals surface area contributed by atoms with E-state index in [9.17, 15) is 59.8 Å². The Morgan fingerprint density at radius 1 is 1.03 bits per heavy atom. The van der Waals surface area contributed by atoms with Crippen LogP contribution in [0, 0.1) is 15.9 Å². The lowest BCUT2D eigenvalue weighted by Gasteiger charge is -2.15. The third-order valence-corrected chi connectivity index (χ3v) is 11.1. The summed E-state index contributed by atoms with van der Waals surface area (Å²) in [5.41, 5.74) is -2.31. The molecule has 0 bridgehead atoms. The van der Waals surface area contributed by atoms with E-state index in [-0.39, 0.29) is 32.8 Å². The molecule has 5 rings (SSSR count). The SMILES string of the molecule is CS(=O)(=O)NC(=O)c1cc(Oc2ccc(C(F)(F)F)cc2Cl)ccc1[N+](=O)[O-].O=C(O)CNCP(=O)(O)O.O=C(O)CSc1cc(N=c2sc(=O)n3n2CCCC3)c(F)cc1Cl. The van der Waals surface area contributed by atoms with Crippen LogP contribution in [0.5, 0.6) is 11.5 Å². The van der Waals surface area contributed by atoms with Crippen LogP contribution in [-0.2, 0) is 43.4 Å². The van der Waals surface area contributed by atoms with Gasteiger partial charge >= 0.3 is 30.6 Å². The lowest BCUT2D eigenvalue weighted by Crippen LogP contribution is -2.31. The van der Waals surface area contributed by atoms with E-state index in [1.54, 1.807) is 14.1 Å². The third kappa shape index (κ3) is 16.4. The molecule has 0 aliphatic carbocycles. The highest BCUT2D eigenvalue weighted by molar-refractivity contribution is 8.00. The number of benzene rings is 3. The zero-order valence-corrected chi connectivity index (χ0v) is 36.0. The number of fused-ring (bicyclic) bond motifs is 1. The number of halogens is 6. The number of alkyl halides is 3. The molecule has 0 radical (unpaired) electrons. The van der Waals surface area contributed by atoms with Crippen molar-refractivity contribution >= 4 is 93.1 Å². The van der Waals surface area contributed by atoms with Crippen molar-refractivity contribution in [3.05, 3.63) is 100 Å². The zero-order chi connectivity index (χ0) is 46.7. The van der Waals surface area contributed by atoms with Crippen LogP contribution in [0.3, 0.4) is 0 Å². The number of thioether (sulfide) groups is 1. The average Bonchev–Trinajstić information content (AvgIpc) is 3.46. The van der Waals surface area contributed by atoms with Crippen LogP contribution >= 0.6 is 53.9 Å². The minimum absolute atomic E-state index is 0.0370. The van der Waals surface area contributed by atoms with E-state index < -0.39 is 87.0 Å². The van der Waals surface area contributed by atoms with Gasteiger partial charge in [-0.25, -0.2) is 27.2 Å². The van der Waals surface area contributed by atoms with Crippen molar-refractivity contribution in [3.63, 3.8) is 0 Å². The second-order valence-corrected chi connectivity index (χ2v) is 18.3. The molecule has 0 atom stereocenters. The van der Waals surface area contributed by atoms with Crippen molar-refractivity contribution in [2.24, 2.45) is 4.99 Å². The summed E-state index contributed by atoms with van der Waals surface area (Å²) in [5, 5.41) is 29.6. The molecule has 62 heavy (non-hydrogen) atoms. The van der Waals surface area contributed by atoms with Crippen LogP contribution in [0.15, 0.2) is 63.2 Å². The van der Waals surface area contributed by atoms with Gasteiger partial charge in [-0.1, -0.05) is 23.2 Å². The van der Waals surface area contributed by atoms with Gasteiger partial charge in [0.25, 0.3) is 11.6 Å². The van der Waals surface area contributed by atoms with Crippen LogP contribution in [0.4, 0.5) is 28.9 Å². The van der Waals surface area contributed by atoms with Crippen molar-refractivity contribution < 1.29 is 74.6 Å². The van der Waals surface area contributed by atoms with E-state index in [4.69, 9.17) is 47.9 Å². The Balaban J connectivity index is 0.000000274. The average molecular weight is 998 g/mol. The number of nitrogens with zero attached hydrogens (tertiary/aromatic N) is 4. The maximum absolute atomic E-state index is 14.2. The van der Waals surface area contributed by atoms with Gasteiger partial charge in [-0.05, 0) is 60.6 Å². The van der Waals surface area contributed by atoms with Crippen LogP contribution < -0.4 is 24.5 Å². The number of rotatable bonds is 13. The summed E-state index contributed by atoms with van der Waals surface area (Å²) in [6.07, 6.45) is -2.67. The van der Waals surface area contributed by atoms with Crippen LogP contribution in [0.2, 0.25) is 10.0 Å². The Kier molecular flexibility index (Phi) is 18.2. The third-order valence-electron chi connectivity index (χ3n) is 7.23. The number of aliphatic carboxylic acids is 2. The number of amides is 1. The van der Waals surface area contributed by atoms with E-state index in [1.807, 2.05) is 0 Å². The molecule has 1 aromatic heterocycles. The minimum Gasteiger partial charge on any atom is -0.481 e. The van der Waals surface area contributed by atoms with Gasteiger partial charge in [0.2, 0.25) is 14.8 Å². The fourth-order valence-corrected chi connectivity index (χ4v) is 7.66. The standard InChI is InChI=1S/C15H10ClF3N2O6S.C14H13ClFN3O3S2.C3H8NO5P/c1-28(25,26)20-14(22)10-7-9(3-4-12(10)21(23)24)27-13-5-2-8(6-11(13)16)15(17,18)19;15-8-5-9(16)10(6-11(8)23-7-12(20)21)17-13-18-3-1-2-4-19(18)14(22)24-13;5-3(6)1-4-2-10(7,8)9/h2-7H,1H3,(H,20,22);5-6H,1-4,7H2,(H,20,21);4H,1-2H2,(H,5,6)(H2,7,8,9). The monoisotopic (exact) mass is 996 g/mol. The van der Waals surface area contributed by atoms with E-state index in [0.29, 0.717) is 41.2 Å². The van der Waals surface area contributed by atoms with Gasteiger partial charge in [0, 0.05) is 30.1 Å². The molecule has 0 fully saturated rings. The molecule has 1 aliphatic rings. The quantitative estimate of drug-likeness (QED) is 0.0328. The first-order chi connectivity index (χ1) is 28.6. The first kappa shape index (κ1) is 51.5. The molecule has 3 aromatic carbocycles. The number of carbonyl (C=O) groups excluding carboxylic acids is 1. The summed E-state index contributed by atoms with van der Waals surface area (Å²) in [5.74, 6) is -4.62. The van der Waals surface area contributed by atoms with E-state index in [2.05, 4.69) is 10.3 Å². The molecule has 0 saturated heterocycles. The molecule has 0 saturated carbocycles. The van der Waals surface area contributed by atoms with Crippen LogP contribution in [-0.4, -0.2) is 85.4 Å². The van der Waals surface area contributed by atoms with E-state index in [0.717, 1.165) is 66.3 Å². The molecular formula is C32H31Cl2F4N6O14PS3. The number of carboxylic acid groups (broad SMARTS) is 2. The number of hydrogen-bond acceptors (Lipinski definition) is 14. The first-order valence-electron chi connectivity index (χ1n) is 16.7. The second-order valence-electron chi connectivity index (χ2n) is 12.2. The van der Waals surface area contributed by atoms with Gasteiger partial charge < -0.3 is 24.7 Å². The Morgan fingerprint density at radius 3 is 2.23 bits per heavy atom. The maximum atomic E-state index is 14.2. The van der Waals surface area contributed by atoms with Crippen molar-refractivity contribution in [1.29, 1.82) is 0 Å². The minimum atomic E-state index is -4.62. The number of carbonyl (C=O) groups is 3. The summed E-state index contributed by atoms with van der Waals surface area (Å²) in [4.78, 5) is 76.0. The summed E-state index contributed by atoms with van der Waals surface area (Å²) < 4.78 is 94.8. The molecule has 30 heteroatoms. The van der Waals surface area contributed by atoms with E-state index >= 15 is 0 Å². The summed E-state index contributed by atoms with van der Waals surface area (Å²) in [6.45, 7) is 0.853. The lowest BCUT2D eigenvalue weighted by atomic mass is 10.1.